The zero-order valence-electron chi connectivity index (χ0n) is 18.5. The highest BCUT2D eigenvalue weighted by Crippen LogP contribution is 2.29. The Hall–Kier alpha value is -3.38. The number of fused-ring (bicyclic) bond motifs is 1. The molecule has 1 aliphatic rings. The number of nitrogens with one attached hydrogen (secondary N) is 3. The highest BCUT2D eigenvalue weighted by atomic mass is 16.4. The lowest BCUT2D eigenvalue weighted by atomic mass is 9.93. The Morgan fingerprint density at radius 2 is 1.81 bits per heavy atom. The fourth-order valence-corrected chi connectivity index (χ4v) is 4.16. The first kappa shape index (κ1) is 21.8. The van der Waals surface area contributed by atoms with Crippen LogP contribution in [0.4, 0.5) is 11.5 Å². The Morgan fingerprint density at radius 1 is 1.06 bits per heavy atom. The summed E-state index contributed by atoms with van der Waals surface area (Å²) in [5.41, 5.74) is 4.21. The lowest BCUT2D eigenvalue weighted by Gasteiger charge is -2.35. The van der Waals surface area contributed by atoms with Crippen LogP contribution in [0.2, 0.25) is 0 Å². The first-order valence-electron chi connectivity index (χ1n) is 11.1. The Balaban J connectivity index is 1.50. The number of nitrogens with zero attached hydrogens (tertiary/aromatic N) is 1. The lowest BCUT2D eigenvalue weighted by molar-refractivity contribution is -0.138. The Morgan fingerprint density at radius 3 is 2.59 bits per heavy atom. The van der Waals surface area contributed by atoms with Crippen LogP contribution in [0.15, 0.2) is 72.9 Å². The smallest absolute Gasteiger partial charge is 0.310 e. The molecule has 0 bridgehead atoms. The number of benzene rings is 2. The molecule has 0 saturated heterocycles. The van der Waals surface area contributed by atoms with Crippen molar-refractivity contribution in [3.63, 3.8) is 0 Å². The maximum atomic E-state index is 11.4. The molecule has 0 fully saturated rings. The number of aliphatic carboxylic acids is 1. The third-order valence-corrected chi connectivity index (χ3v) is 6.20. The van der Waals surface area contributed by atoms with E-state index in [1.165, 1.54) is 5.56 Å². The van der Waals surface area contributed by atoms with Crippen LogP contribution in [0.1, 0.15) is 48.4 Å². The normalized spacial score (nSPS) is 17.9. The first-order chi connectivity index (χ1) is 15.5. The van der Waals surface area contributed by atoms with Crippen LogP contribution in [-0.2, 0) is 4.79 Å². The predicted octanol–water partition coefficient (Wildman–Crippen LogP) is 4.61. The first-order valence-corrected chi connectivity index (χ1v) is 11.1. The van der Waals surface area contributed by atoms with Crippen molar-refractivity contribution in [2.75, 3.05) is 23.7 Å². The van der Waals surface area contributed by atoms with Crippen LogP contribution in [-0.4, -0.2) is 35.2 Å². The van der Waals surface area contributed by atoms with E-state index in [-0.39, 0.29) is 18.0 Å². The molecule has 1 unspecified atom stereocenters. The van der Waals surface area contributed by atoms with Gasteiger partial charge in [-0.2, -0.15) is 0 Å². The highest BCUT2D eigenvalue weighted by Gasteiger charge is 2.27. The van der Waals surface area contributed by atoms with Crippen LogP contribution in [0, 0.1) is 0 Å². The number of aromatic nitrogens is 1. The second-order valence-electron chi connectivity index (χ2n) is 8.46. The second kappa shape index (κ2) is 9.83. The van der Waals surface area contributed by atoms with Crippen LogP contribution in [0.3, 0.4) is 0 Å². The zero-order valence-corrected chi connectivity index (χ0v) is 18.5. The summed E-state index contributed by atoms with van der Waals surface area (Å²) in [4.78, 5) is 15.9. The van der Waals surface area contributed by atoms with Gasteiger partial charge in [0.25, 0.3) is 0 Å². The average molecular weight is 431 g/mol. The van der Waals surface area contributed by atoms with E-state index >= 15 is 0 Å². The molecule has 6 heteroatoms. The molecule has 166 valence electrons. The van der Waals surface area contributed by atoms with E-state index in [4.69, 9.17) is 0 Å². The number of rotatable bonds is 8. The third-order valence-electron chi connectivity index (χ3n) is 6.20. The van der Waals surface area contributed by atoms with Gasteiger partial charge in [0.05, 0.1) is 23.7 Å². The molecule has 0 amide bonds. The summed E-state index contributed by atoms with van der Waals surface area (Å²) < 4.78 is 0. The van der Waals surface area contributed by atoms with Gasteiger partial charge in [0.1, 0.15) is 5.82 Å². The third kappa shape index (κ3) is 4.92. The minimum atomic E-state index is -0.804. The number of hydrogen-bond acceptors (Lipinski definition) is 5. The van der Waals surface area contributed by atoms with Crippen molar-refractivity contribution in [1.82, 2.24) is 10.3 Å². The van der Waals surface area contributed by atoms with Crippen molar-refractivity contribution in [2.45, 2.75) is 37.8 Å². The van der Waals surface area contributed by atoms with Crippen LogP contribution in [0.5, 0.6) is 0 Å². The van der Waals surface area contributed by atoms with Crippen molar-refractivity contribution in [1.29, 1.82) is 0 Å². The van der Waals surface area contributed by atoms with Crippen LogP contribution in [0.25, 0.3) is 0 Å². The fourth-order valence-electron chi connectivity index (χ4n) is 4.16. The van der Waals surface area contributed by atoms with E-state index in [1.807, 2.05) is 36.4 Å². The molecule has 4 rings (SSSR count). The molecule has 0 radical (unpaired) electrons. The van der Waals surface area contributed by atoms with Crippen molar-refractivity contribution in [2.24, 2.45) is 0 Å². The van der Waals surface area contributed by atoms with Gasteiger partial charge in [-0.1, -0.05) is 61.5 Å². The molecule has 1 aliphatic heterocycles. The molecule has 2 aromatic carbocycles. The maximum absolute atomic E-state index is 11.4. The molecular weight excluding hydrogens is 400 g/mol. The van der Waals surface area contributed by atoms with Gasteiger partial charge >= 0.3 is 5.97 Å². The van der Waals surface area contributed by atoms with Crippen molar-refractivity contribution in [3.05, 3.63) is 89.6 Å². The summed E-state index contributed by atoms with van der Waals surface area (Å²) in [7, 11) is 0. The molecular formula is C26H30N4O2. The molecule has 32 heavy (non-hydrogen) atoms. The summed E-state index contributed by atoms with van der Waals surface area (Å²) in [5, 5.41) is 20.2. The molecule has 6 nitrogen and oxygen atoms in total. The van der Waals surface area contributed by atoms with E-state index in [0.717, 1.165) is 35.7 Å². The second-order valence-corrected chi connectivity index (χ2v) is 8.46. The highest BCUT2D eigenvalue weighted by molar-refractivity contribution is 5.75. The predicted molar refractivity (Wildman–Crippen MR) is 128 cm³/mol. The summed E-state index contributed by atoms with van der Waals surface area (Å²) in [5.74, 6) is -0.224. The van der Waals surface area contributed by atoms with E-state index in [1.54, 1.807) is 13.1 Å². The number of carboxylic acid groups (broad SMARTS) is 1. The van der Waals surface area contributed by atoms with Crippen LogP contribution < -0.4 is 16.0 Å². The van der Waals surface area contributed by atoms with Gasteiger partial charge in [-0.3, -0.25) is 4.79 Å². The van der Waals surface area contributed by atoms with Crippen molar-refractivity contribution in [3.8, 4) is 0 Å². The number of hydrogen-bond donors (Lipinski definition) is 4. The molecule has 0 saturated carbocycles. The summed E-state index contributed by atoms with van der Waals surface area (Å²) in [6, 6.07) is 22.5. The average Bonchev–Trinajstić information content (AvgIpc) is 2.84. The van der Waals surface area contributed by atoms with Crippen LogP contribution >= 0.6 is 0 Å². The van der Waals surface area contributed by atoms with Crippen molar-refractivity contribution >= 4 is 17.5 Å². The number of carboxylic acids is 1. The van der Waals surface area contributed by atoms with Crippen molar-refractivity contribution < 1.29 is 9.90 Å². The molecule has 3 aromatic rings. The van der Waals surface area contributed by atoms with E-state index in [9.17, 15) is 9.90 Å². The maximum Gasteiger partial charge on any atom is 0.310 e. The van der Waals surface area contributed by atoms with Gasteiger partial charge in [-0.05, 0) is 41.7 Å². The van der Waals surface area contributed by atoms with E-state index in [2.05, 4.69) is 58.2 Å². The lowest BCUT2D eigenvalue weighted by Crippen LogP contribution is -2.45. The molecule has 4 atom stereocenters. The minimum Gasteiger partial charge on any atom is -0.481 e. The molecule has 4 N–H and O–H groups in total. The Kier molecular flexibility index (Phi) is 6.71. The Labute approximate surface area is 189 Å². The topological polar surface area (TPSA) is 86.3 Å². The summed E-state index contributed by atoms with van der Waals surface area (Å²) >= 11 is 0. The van der Waals surface area contributed by atoms with E-state index < -0.39 is 11.9 Å². The number of pyridine rings is 1. The summed E-state index contributed by atoms with van der Waals surface area (Å²) in [6.45, 7) is 5.44. The van der Waals surface area contributed by atoms with Gasteiger partial charge in [-0.25, -0.2) is 4.98 Å². The molecule has 1 aromatic heterocycles. The molecule has 0 aliphatic carbocycles. The summed E-state index contributed by atoms with van der Waals surface area (Å²) in [6.07, 6.45) is 1.80. The quantitative estimate of drug-likeness (QED) is 0.418. The van der Waals surface area contributed by atoms with Gasteiger partial charge in [0.2, 0.25) is 0 Å². The largest absolute Gasteiger partial charge is 0.481 e. The SMILES string of the molecule is CC(C(=O)O)c1cccc([C@@H](C)CN[C@H](c2ccccc2)[C@H]2CNc3cccnc3N2)c1. The zero-order chi connectivity index (χ0) is 22.5. The van der Waals surface area contributed by atoms with Gasteiger partial charge < -0.3 is 21.1 Å². The van der Waals surface area contributed by atoms with Gasteiger partial charge in [0, 0.05) is 19.3 Å². The number of carbonyl (C=O) groups is 1. The molecule has 0 spiro atoms. The Bertz CT molecular complexity index is 1060. The van der Waals surface area contributed by atoms with E-state index in [0.29, 0.717) is 0 Å². The fraction of sp³-hybridized carbons (Fsp3) is 0.308. The monoisotopic (exact) mass is 430 g/mol. The van der Waals surface area contributed by atoms with Gasteiger partial charge in [-0.15, -0.1) is 0 Å². The van der Waals surface area contributed by atoms with Gasteiger partial charge in [0.15, 0.2) is 0 Å². The number of anilines is 2. The molecule has 2 heterocycles. The standard InChI is InChI=1S/C26H30N4O2/c1-17(20-10-6-11-21(14-20)18(2)26(31)32)15-29-24(19-8-4-3-5-9-19)23-16-28-22-12-7-13-27-25(22)30-23/h3-14,17-18,23-24,28-29H,15-16H2,1-2H3,(H,27,30)(H,31,32)/t17-,18?,23+,24+/m0/s1. The minimum absolute atomic E-state index is 0.0856.